The van der Waals surface area contributed by atoms with E-state index in [4.69, 9.17) is 16.3 Å². The van der Waals surface area contributed by atoms with E-state index in [0.29, 0.717) is 6.61 Å². The molecule has 96 valence electrons. The summed E-state index contributed by atoms with van der Waals surface area (Å²) >= 11 is 6.23. The predicted octanol–water partition coefficient (Wildman–Crippen LogP) is 4.41. The predicted molar refractivity (Wildman–Crippen MR) is 78.7 cm³/mol. The quantitative estimate of drug-likeness (QED) is 0.688. The fraction of sp³-hybridized carbons (Fsp3) is 0.125. The summed E-state index contributed by atoms with van der Waals surface area (Å²) in [4.78, 5) is 0. The highest BCUT2D eigenvalue weighted by Crippen LogP contribution is 2.28. The number of aryl methyl sites for hydroxylation is 1. The van der Waals surface area contributed by atoms with Gasteiger partial charge in [0.2, 0.25) is 0 Å². The lowest BCUT2D eigenvalue weighted by molar-refractivity contribution is 0.307. The average molecular weight is 272 g/mol. The molecule has 0 fully saturated rings. The van der Waals surface area contributed by atoms with Crippen LogP contribution in [-0.2, 0) is 13.7 Å². The van der Waals surface area contributed by atoms with Gasteiger partial charge in [0.15, 0.2) is 0 Å². The molecule has 0 amide bonds. The standard InChI is InChI=1S/C16H14ClNO/c1-18-10-12(11-19-13-6-3-2-4-7-13)14-8-5-9-15(17)16(14)18/h2-10H,11H2,1H3. The van der Waals surface area contributed by atoms with Crippen LogP contribution in [0.5, 0.6) is 5.75 Å². The molecule has 0 atom stereocenters. The Hall–Kier alpha value is -1.93. The van der Waals surface area contributed by atoms with E-state index in [1.54, 1.807) is 0 Å². The van der Waals surface area contributed by atoms with Crippen molar-refractivity contribution < 1.29 is 4.74 Å². The molecule has 0 aliphatic heterocycles. The minimum absolute atomic E-state index is 0.543. The second-order valence-electron chi connectivity index (χ2n) is 4.50. The van der Waals surface area contributed by atoms with Gasteiger partial charge < -0.3 is 9.30 Å². The molecular weight excluding hydrogens is 258 g/mol. The van der Waals surface area contributed by atoms with Gasteiger partial charge in [0.05, 0.1) is 10.5 Å². The van der Waals surface area contributed by atoms with Crippen molar-refractivity contribution in [1.29, 1.82) is 0 Å². The highest BCUT2D eigenvalue weighted by atomic mass is 35.5. The summed E-state index contributed by atoms with van der Waals surface area (Å²) in [5, 5.41) is 1.91. The van der Waals surface area contributed by atoms with Gasteiger partial charge in [0.25, 0.3) is 0 Å². The Balaban J connectivity index is 1.92. The molecule has 1 aromatic heterocycles. The Morgan fingerprint density at radius 2 is 1.84 bits per heavy atom. The Morgan fingerprint density at radius 3 is 2.63 bits per heavy atom. The minimum Gasteiger partial charge on any atom is -0.489 e. The van der Waals surface area contributed by atoms with E-state index >= 15 is 0 Å². The Bertz CT molecular complexity index is 703. The summed E-state index contributed by atoms with van der Waals surface area (Å²) in [6, 6.07) is 15.8. The zero-order valence-electron chi connectivity index (χ0n) is 10.6. The van der Waals surface area contributed by atoms with Crippen molar-refractivity contribution in [2.24, 2.45) is 7.05 Å². The van der Waals surface area contributed by atoms with Crippen LogP contribution in [0, 0.1) is 0 Å². The molecule has 0 unspecified atom stereocenters. The summed E-state index contributed by atoms with van der Waals surface area (Å²) in [7, 11) is 2.00. The summed E-state index contributed by atoms with van der Waals surface area (Å²) in [5.41, 5.74) is 2.19. The minimum atomic E-state index is 0.543. The highest BCUT2D eigenvalue weighted by molar-refractivity contribution is 6.35. The molecule has 0 bridgehead atoms. The molecule has 2 nitrogen and oxygen atoms in total. The number of aromatic nitrogens is 1. The Labute approximate surface area is 117 Å². The third-order valence-corrected chi connectivity index (χ3v) is 3.48. The maximum atomic E-state index is 6.23. The smallest absolute Gasteiger partial charge is 0.119 e. The van der Waals surface area contributed by atoms with Crippen LogP contribution in [0.4, 0.5) is 0 Å². The van der Waals surface area contributed by atoms with Gasteiger partial charge in [-0.05, 0) is 18.2 Å². The lowest BCUT2D eigenvalue weighted by Crippen LogP contribution is -1.94. The fourth-order valence-corrected chi connectivity index (χ4v) is 2.60. The normalized spacial score (nSPS) is 10.8. The molecule has 0 saturated carbocycles. The first kappa shape index (κ1) is 12.1. The van der Waals surface area contributed by atoms with Crippen LogP contribution in [0.25, 0.3) is 10.9 Å². The molecule has 0 N–H and O–H groups in total. The number of hydrogen-bond acceptors (Lipinski definition) is 1. The van der Waals surface area contributed by atoms with Crippen molar-refractivity contribution >= 4 is 22.5 Å². The van der Waals surface area contributed by atoms with Gasteiger partial charge in [-0.1, -0.05) is 41.9 Å². The molecule has 2 aromatic carbocycles. The third-order valence-electron chi connectivity index (χ3n) is 3.17. The number of para-hydroxylation sites is 2. The molecule has 0 aliphatic rings. The van der Waals surface area contributed by atoms with Crippen molar-refractivity contribution in [3.63, 3.8) is 0 Å². The van der Waals surface area contributed by atoms with Crippen LogP contribution in [0.15, 0.2) is 54.7 Å². The molecule has 3 rings (SSSR count). The van der Waals surface area contributed by atoms with E-state index in [-0.39, 0.29) is 0 Å². The maximum Gasteiger partial charge on any atom is 0.119 e. The van der Waals surface area contributed by atoms with E-state index in [9.17, 15) is 0 Å². The van der Waals surface area contributed by atoms with E-state index in [1.165, 1.54) is 0 Å². The van der Waals surface area contributed by atoms with E-state index in [1.807, 2.05) is 54.1 Å². The van der Waals surface area contributed by atoms with E-state index in [0.717, 1.165) is 27.2 Å². The Morgan fingerprint density at radius 1 is 1.05 bits per heavy atom. The van der Waals surface area contributed by atoms with Gasteiger partial charge in [-0.15, -0.1) is 0 Å². The molecule has 0 radical (unpaired) electrons. The van der Waals surface area contributed by atoms with Gasteiger partial charge in [-0.2, -0.15) is 0 Å². The van der Waals surface area contributed by atoms with Gasteiger partial charge in [-0.25, -0.2) is 0 Å². The number of rotatable bonds is 3. The molecule has 0 aliphatic carbocycles. The van der Waals surface area contributed by atoms with Gasteiger partial charge in [0, 0.05) is 24.2 Å². The molecule has 0 spiro atoms. The van der Waals surface area contributed by atoms with Crippen LogP contribution < -0.4 is 4.74 Å². The van der Waals surface area contributed by atoms with Crippen LogP contribution in [0.1, 0.15) is 5.56 Å². The number of nitrogens with zero attached hydrogens (tertiary/aromatic N) is 1. The zero-order valence-corrected chi connectivity index (χ0v) is 11.4. The maximum absolute atomic E-state index is 6.23. The molecule has 3 aromatic rings. The molecule has 1 heterocycles. The summed E-state index contributed by atoms with van der Waals surface area (Å²) in [6.07, 6.45) is 2.07. The monoisotopic (exact) mass is 271 g/mol. The van der Waals surface area contributed by atoms with Crippen molar-refractivity contribution in [2.45, 2.75) is 6.61 Å². The van der Waals surface area contributed by atoms with Gasteiger partial charge in [0.1, 0.15) is 12.4 Å². The number of fused-ring (bicyclic) bond motifs is 1. The third kappa shape index (κ3) is 2.32. The first-order chi connectivity index (χ1) is 9.25. The lowest BCUT2D eigenvalue weighted by Gasteiger charge is -2.04. The summed E-state index contributed by atoms with van der Waals surface area (Å²) < 4.78 is 7.84. The highest BCUT2D eigenvalue weighted by Gasteiger charge is 2.09. The zero-order chi connectivity index (χ0) is 13.2. The second-order valence-corrected chi connectivity index (χ2v) is 4.91. The fourth-order valence-electron chi connectivity index (χ4n) is 2.29. The summed E-state index contributed by atoms with van der Waals surface area (Å²) in [5.74, 6) is 0.876. The second kappa shape index (κ2) is 4.98. The van der Waals surface area contributed by atoms with Gasteiger partial charge in [-0.3, -0.25) is 0 Å². The van der Waals surface area contributed by atoms with E-state index in [2.05, 4.69) is 12.3 Å². The largest absolute Gasteiger partial charge is 0.489 e. The number of benzene rings is 2. The van der Waals surface area contributed by atoms with E-state index < -0.39 is 0 Å². The molecule has 3 heteroatoms. The van der Waals surface area contributed by atoms with Crippen molar-refractivity contribution in [1.82, 2.24) is 4.57 Å². The SMILES string of the molecule is Cn1cc(COc2ccccc2)c2cccc(Cl)c21. The Kier molecular flexibility index (Phi) is 3.18. The number of halogens is 1. The average Bonchev–Trinajstić information content (AvgIpc) is 2.76. The van der Waals surface area contributed by atoms with Crippen LogP contribution in [0.2, 0.25) is 5.02 Å². The number of hydrogen-bond donors (Lipinski definition) is 0. The first-order valence-corrected chi connectivity index (χ1v) is 6.54. The number of ether oxygens (including phenoxy) is 1. The van der Waals surface area contributed by atoms with Gasteiger partial charge >= 0.3 is 0 Å². The molecule has 19 heavy (non-hydrogen) atoms. The van der Waals surface area contributed by atoms with Crippen molar-refractivity contribution in [3.05, 3.63) is 65.3 Å². The summed E-state index contributed by atoms with van der Waals surface area (Å²) in [6.45, 7) is 0.543. The molecule has 0 saturated heterocycles. The topological polar surface area (TPSA) is 14.2 Å². The van der Waals surface area contributed by atoms with Crippen LogP contribution in [0.3, 0.4) is 0 Å². The molecular formula is C16H14ClNO. The van der Waals surface area contributed by atoms with Crippen molar-refractivity contribution in [3.8, 4) is 5.75 Å². The van der Waals surface area contributed by atoms with Crippen LogP contribution in [-0.4, -0.2) is 4.57 Å². The lowest BCUT2D eigenvalue weighted by atomic mass is 10.2. The first-order valence-electron chi connectivity index (χ1n) is 6.16. The van der Waals surface area contributed by atoms with Crippen LogP contribution >= 0.6 is 11.6 Å². The van der Waals surface area contributed by atoms with Crippen molar-refractivity contribution in [2.75, 3.05) is 0 Å².